The molecule has 112 valence electrons. The SMILES string of the molecule is CCCNC1c2ccccc2C(C)CC1OCCOC. The molecule has 0 heterocycles. The van der Waals surface area contributed by atoms with Crippen molar-refractivity contribution in [2.24, 2.45) is 0 Å². The van der Waals surface area contributed by atoms with Gasteiger partial charge in [-0.1, -0.05) is 38.1 Å². The van der Waals surface area contributed by atoms with E-state index in [-0.39, 0.29) is 6.10 Å². The first kappa shape index (κ1) is 15.5. The van der Waals surface area contributed by atoms with E-state index in [4.69, 9.17) is 9.47 Å². The Bertz CT molecular complexity index is 408. The highest BCUT2D eigenvalue weighted by Gasteiger charge is 2.33. The van der Waals surface area contributed by atoms with Crippen molar-refractivity contribution in [3.05, 3.63) is 35.4 Å². The van der Waals surface area contributed by atoms with E-state index in [1.165, 1.54) is 11.1 Å². The van der Waals surface area contributed by atoms with Crippen molar-refractivity contribution < 1.29 is 9.47 Å². The molecular formula is C17H27NO2. The second kappa shape index (κ2) is 7.77. The van der Waals surface area contributed by atoms with Gasteiger partial charge in [-0.2, -0.15) is 0 Å². The summed E-state index contributed by atoms with van der Waals surface area (Å²) < 4.78 is 11.2. The Labute approximate surface area is 122 Å². The van der Waals surface area contributed by atoms with Crippen LogP contribution in [0.15, 0.2) is 24.3 Å². The first-order valence-corrected chi connectivity index (χ1v) is 7.70. The lowest BCUT2D eigenvalue weighted by molar-refractivity contribution is -0.0137. The van der Waals surface area contributed by atoms with Gasteiger partial charge in [-0.05, 0) is 36.4 Å². The van der Waals surface area contributed by atoms with Gasteiger partial charge in [0.1, 0.15) is 0 Å². The number of ether oxygens (including phenoxy) is 2. The van der Waals surface area contributed by atoms with E-state index in [2.05, 4.69) is 43.4 Å². The van der Waals surface area contributed by atoms with Crippen LogP contribution in [0.2, 0.25) is 0 Å². The summed E-state index contributed by atoms with van der Waals surface area (Å²) in [6, 6.07) is 9.07. The van der Waals surface area contributed by atoms with Gasteiger partial charge in [0, 0.05) is 7.11 Å². The zero-order valence-electron chi connectivity index (χ0n) is 12.9. The number of methoxy groups -OCH3 is 1. The molecule has 1 aromatic rings. The molecule has 1 aromatic carbocycles. The molecule has 0 aliphatic heterocycles. The Hall–Kier alpha value is -0.900. The molecule has 3 unspecified atom stereocenters. The predicted molar refractivity (Wildman–Crippen MR) is 82.1 cm³/mol. The molecule has 2 rings (SSSR count). The van der Waals surface area contributed by atoms with Gasteiger partial charge in [-0.25, -0.2) is 0 Å². The summed E-state index contributed by atoms with van der Waals surface area (Å²) in [5.74, 6) is 0.554. The fraction of sp³-hybridized carbons (Fsp3) is 0.647. The third kappa shape index (κ3) is 3.60. The molecule has 1 aliphatic carbocycles. The van der Waals surface area contributed by atoms with Crippen molar-refractivity contribution in [1.82, 2.24) is 5.32 Å². The summed E-state index contributed by atoms with van der Waals surface area (Å²) in [4.78, 5) is 0. The largest absolute Gasteiger partial charge is 0.382 e. The first-order chi connectivity index (χ1) is 9.77. The zero-order chi connectivity index (χ0) is 14.4. The number of fused-ring (bicyclic) bond motifs is 1. The van der Waals surface area contributed by atoms with Crippen LogP contribution in [0.5, 0.6) is 0 Å². The Balaban J connectivity index is 2.15. The molecule has 3 nitrogen and oxygen atoms in total. The van der Waals surface area contributed by atoms with Crippen LogP contribution in [0.25, 0.3) is 0 Å². The van der Waals surface area contributed by atoms with Gasteiger partial charge in [-0.3, -0.25) is 0 Å². The van der Waals surface area contributed by atoms with Crippen molar-refractivity contribution in [3.8, 4) is 0 Å². The molecule has 0 bridgehead atoms. The van der Waals surface area contributed by atoms with Gasteiger partial charge < -0.3 is 14.8 Å². The Morgan fingerprint density at radius 3 is 2.65 bits per heavy atom. The van der Waals surface area contributed by atoms with E-state index in [0.717, 1.165) is 19.4 Å². The minimum absolute atomic E-state index is 0.238. The van der Waals surface area contributed by atoms with E-state index in [9.17, 15) is 0 Å². The molecule has 0 radical (unpaired) electrons. The van der Waals surface area contributed by atoms with E-state index in [0.29, 0.717) is 25.2 Å². The summed E-state index contributed by atoms with van der Waals surface area (Å²) >= 11 is 0. The molecule has 3 atom stereocenters. The van der Waals surface area contributed by atoms with Crippen molar-refractivity contribution in [1.29, 1.82) is 0 Å². The second-order valence-corrected chi connectivity index (χ2v) is 5.60. The van der Waals surface area contributed by atoms with Crippen LogP contribution in [-0.2, 0) is 9.47 Å². The molecule has 3 heteroatoms. The number of hydrogen-bond donors (Lipinski definition) is 1. The normalized spacial score (nSPS) is 25.4. The van der Waals surface area contributed by atoms with Crippen LogP contribution >= 0.6 is 0 Å². The lowest BCUT2D eigenvalue weighted by atomic mass is 9.79. The molecule has 1 aliphatic rings. The van der Waals surface area contributed by atoms with Crippen LogP contribution in [-0.4, -0.2) is 33.0 Å². The molecule has 0 amide bonds. The average Bonchev–Trinajstić information content (AvgIpc) is 2.47. The Morgan fingerprint density at radius 2 is 1.95 bits per heavy atom. The van der Waals surface area contributed by atoms with E-state index >= 15 is 0 Å². The number of hydrogen-bond acceptors (Lipinski definition) is 3. The van der Waals surface area contributed by atoms with Crippen molar-refractivity contribution >= 4 is 0 Å². The fourth-order valence-corrected chi connectivity index (χ4v) is 3.04. The lowest BCUT2D eigenvalue weighted by Gasteiger charge is -2.37. The Morgan fingerprint density at radius 1 is 1.20 bits per heavy atom. The van der Waals surface area contributed by atoms with Gasteiger partial charge in [-0.15, -0.1) is 0 Å². The van der Waals surface area contributed by atoms with Gasteiger partial charge in [0.15, 0.2) is 0 Å². The van der Waals surface area contributed by atoms with Crippen molar-refractivity contribution in [2.45, 2.75) is 44.8 Å². The molecule has 0 saturated heterocycles. The molecule has 20 heavy (non-hydrogen) atoms. The van der Waals surface area contributed by atoms with Gasteiger partial charge >= 0.3 is 0 Å². The van der Waals surface area contributed by atoms with Gasteiger partial charge in [0.25, 0.3) is 0 Å². The highest BCUT2D eigenvalue weighted by molar-refractivity contribution is 5.36. The van der Waals surface area contributed by atoms with Gasteiger partial charge in [0.2, 0.25) is 0 Å². The smallest absolute Gasteiger partial charge is 0.0776 e. The lowest BCUT2D eigenvalue weighted by Crippen LogP contribution is -2.39. The standard InChI is InChI=1S/C17H27NO2/c1-4-9-18-17-15-8-6-5-7-14(15)13(2)12-16(17)20-11-10-19-3/h5-8,13,16-18H,4,9-12H2,1-3H3. The summed E-state index contributed by atoms with van der Waals surface area (Å²) in [7, 11) is 1.72. The van der Waals surface area contributed by atoms with Crippen LogP contribution < -0.4 is 5.32 Å². The molecule has 0 saturated carbocycles. The molecular weight excluding hydrogens is 250 g/mol. The Kier molecular flexibility index (Phi) is 6.02. The van der Waals surface area contributed by atoms with Gasteiger partial charge in [0.05, 0.1) is 25.4 Å². The maximum absolute atomic E-state index is 6.07. The van der Waals surface area contributed by atoms with Crippen molar-refractivity contribution in [3.63, 3.8) is 0 Å². The summed E-state index contributed by atoms with van der Waals surface area (Å²) in [5, 5.41) is 3.66. The van der Waals surface area contributed by atoms with Crippen LogP contribution in [0, 0.1) is 0 Å². The maximum Gasteiger partial charge on any atom is 0.0776 e. The third-order valence-electron chi connectivity index (χ3n) is 4.05. The zero-order valence-corrected chi connectivity index (χ0v) is 12.9. The predicted octanol–water partition coefficient (Wildman–Crippen LogP) is 3.27. The van der Waals surface area contributed by atoms with Crippen LogP contribution in [0.4, 0.5) is 0 Å². The fourth-order valence-electron chi connectivity index (χ4n) is 3.04. The highest BCUT2D eigenvalue weighted by Crippen LogP contribution is 2.38. The van der Waals surface area contributed by atoms with E-state index in [1.807, 2.05) is 0 Å². The molecule has 0 spiro atoms. The number of rotatable bonds is 7. The van der Waals surface area contributed by atoms with E-state index in [1.54, 1.807) is 7.11 Å². The minimum atomic E-state index is 0.238. The van der Waals surface area contributed by atoms with Crippen LogP contribution in [0.1, 0.15) is 49.8 Å². The molecule has 0 aromatic heterocycles. The molecule has 1 N–H and O–H groups in total. The topological polar surface area (TPSA) is 30.5 Å². The molecule has 0 fully saturated rings. The highest BCUT2D eigenvalue weighted by atomic mass is 16.5. The van der Waals surface area contributed by atoms with E-state index < -0.39 is 0 Å². The number of nitrogens with one attached hydrogen (secondary N) is 1. The number of benzene rings is 1. The second-order valence-electron chi connectivity index (χ2n) is 5.60. The first-order valence-electron chi connectivity index (χ1n) is 7.70. The summed E-state index contributed by atoms with van der Waals surface area (Å²) in [6.45, 7) is 6.84. The average molecular weight is 277 g/mol. The third-order valence-corrected chi connectivity index (χ3v) is 4.05. The monoisotopic (exact) mass is 277 g/mol. The minimum Gasteiger partial charge on any atom is -0.382 e. The van der Waals surface area contributed by atoms with Crippen molar-refractivity contribution in [2.75, 3.05) is 26.9 Å². The quantitative estimate of drug-likeness (QED) is 0.776. The maximum atomic E-state index is 6.07. The summed E-state index contributed by atoms with van der Waals surface area (Å²) in [6.07, 6.45) is 2.45. The van der Waals surface area contributed by atoms with Crippen LogP contribution in [0.3, 0.4) is 0 Å². The summed E-state index contributed by atoms with van der Waals surface area (Å²) in [5.41, 5.74) is 2.87.